The van der Waals surface area contributed by atoms with Crippen LogP contribution in [0.3, 0.4) is 0 Å². The van der Waals surface area contributed by atoms with Gasteiger partial charge in [0.05, 0.1) is 33.2 Å². The highest BCUT2D eigenvalue weighted by atomic mass is 32.2. The average molecular weight is 641 g/mol. The van der Waals surface area contributed by atoms with Crippen molar-refractivity contribution >= 4 is 65.4 Å². The predicted molar refractivity (Wildman–Crippen MR) is 180 cm³/mol. The van der Waals surface area contributed by atoms with Gasteiger partial charge in [-0.1, -0.05) is 60.2 Å². The summed E-state index contributed by atoms with van der Waals surface area (Å²) in [6.07, 6.45) is 0. The first-order valence-corrected chi connectivity index (χ1v) is 15.8. The normalized spacial score (nSPS) is 12.2. The number of hydrogen-bond acceptors (Lipinski definition) is 9. The molecule has 0 aliphatic rings. The number of fused-ring (bicyclic) bond motifs is 3. The maximum Gasteiger partial charge on any atom is 0.344 e. The van der Waals surface area contributed by atoms with E-state index in [0.29, 0.717) is 60.8 Å². The summed E-state index contributed by atoms with van der Waals surface area (Å²) in [4.78, 5) is 12.5. The van der Waals surface area contributed by atoms with Crippen LogP contribution in [0.4, 0.5) is 22.7 Å². The molecule has 1 heterocycles. The number of hydrogen-bond donors (Lipinski definition) is 2. The lowest BCUT2D eigenvalue weighted by atomic mass is 10.0. The molecule has 6 aromatic carbocycles. The molecular weight excluding hydrogens is 616 g/mol. The first-order valence-electron chi connectivity index (χ1n) is 14.4. The highest BCUT2D eigenvalue weighted by Crippen LogP contribution is 2.38. The molecular formula is C36H24N4O6S. The van der Waals surface area contributed by atoms with Crippen molar-refractivity contribution in [3.05, 3.63) is 131 Å². The molecule has 0 saturated carbocycles. The van der Waals surface area contributed by atoms with Crippen molar-refractivity contribution in [3.63, 3.8) is 0 Å². The van der Waals surface area contributed by atoms with E-state index in [-0.39, 0.29) is 10.6 Å². The molecule has 230 valence electrons. The molecule has 0 amide bonds. The molecule has 0 unspecified atom stereocenters. The van der Waals surface area contributed by atoms with Gasteiger partial charge in [-0.05, 0) is 67.1 Å². The molecule has 0 saturated heterocycles. The fourth-order valence-electron chi connectivity index (χ4n) is 5.30. The van der Waals surface area contributed by atoms with E-state index in [0.717, 1.165) is 11.1 Å². The van der Waals surface area contributed by atoms with Gasteiger partial charge in [-0.15, -0.1) is 15.3 Å². The van der Waals surface area contributed by atoms with Crippen LogP contribution in [0.2, 0.25) is 0 Å². The molecule has 0 aliphatic heterocycles. The lowest BCUT2D eigenvalue weighted by Gasteiger charge is -2.07. The molecule has 7 rings (SSSR count). The van der Waals surface area contributed by atoms with E-state index in [9.17, 15) is 22.9 Å². The number of aryl methyl sites for hydroxylation is 1. The van der Waals surface area contributed by atoms with Crippen LogP contribution in [-0.4, -0.2) is 18.1 Å². The third-order valence-electron chi connectivity index (χ3n) is 7.74. The Kier molecular flexibility index (Phi) is 7.39. The molecule has 0 radical (unpaired) electrons. The number of aromatic hydroxyl groups is 1. The van der Waals surface area contributed by atoms with E-state index in [1.165, 1.54) is 24.3 Å². The van der Waals surface area contributed by atoms with Crippen LogP contribution in [0.15, 0.2) is 150 Å². The van der Waals surface area contributed by atoms with Crippen molar-refractivity contribution in [1.82, 2.24) is 0 Å². The summed E-state index contributed by atoms with van der Waals surface area (Å²) in [5.41, 5.74) is 3.77. The topological polar surface area (TPSA) is 154 Å². The third-order valence-corrected chi connectivity index (χ3v) is 8.59. The third kappa shape index (κ3) is 5.88. The minimum atomic E-state index is -4.52. The molecule has 0 bridgehead atoms. The fourth-order valence-corrected chi connectivity index (χ4v) is 5.81. The largest absolute Gasteiger partial charge is 0.507 e. The van der Waals surface area contributed by atoms with Crippen molar-refractivity contribution < 1.29 is 22.5 Å². The monoisotopic (exact) mass is 640 g/mol. The smallest absolute Gasteiger partial charge is 0.344 e. The van der Waals surface area contributed by atoms with Crippen LogP contribution in [0.25, 0.3) is 43.6 Å². The Bertz CT molecular complexity index is 2600. The molecule has 0 spiro atoms. The summed E-state index contributed by atoms with van der Waals surface area (Å²) in [7, 11) is -4.52. The molecule has 7 aromatic rings. The zero-order chi connectivity index (χ0) is 32.7. The van der Waals surface area contributed by atoms with Gasteiger partial charge in [0.25, 0.3) is 10.1 Å². The summed E-state index contributed by atoms with van der Waals surface area (Å²) >= 11 is 0. The van der Waals surface area contributed by atoms with Crippen LogP contribution in [-0.2, 0) is 10.1 Å². The number of phenols is 1. The quantitative estimate of drug-likeness (QED) is 0.105. The van der Waals surface area contributed by atoms with Gasteiger partial charge in [0.2, 0.25) is 0 Å². The maximum atomic E-state index is 12.8. The van der Waals surface area contributed by atoms with Gasteiger partial charge in [-0.3, -0.25) is 4.55 Å². The first kappa shape index (κ1) is 29.7. The molecule has 47 heavy (non-hydrogen) atoms. The zero-order valence-corrected chi connectivity index (χ0v) is 25.5. The number of phenolic OH excluding ortho intramolecular Hbond substituents is 1. The fraction of sp³-hybridized carbons (Fsp3) is 0.0278. The van der Waals surface area contributed by atoms with E-state index in [2.05, 4.69) is 20.5 Å². The Labute approximate surface area is 267 Å². The van der Waals surface area contributed by atoms with Crippen molar-refractivity contribution in [1.29, 1.82) is 0 Å². The SMILES string of the molecule is Cc1ccc(-c2cc3ccc(N=Nc4ccc(N=Nc5ccc(O)c6ccccc56)c5ccc(S(=O)(=O)O)cc45)cc3oc2=O)cc1. The van der Waals surface area contributed by atoms with Crippen molar-refractivity contribution in [2.75, 3.05) is 0 Å². The summed E-state index contributed by atoms with van der Waals surface area (Å²) in [6, 6.07) is 32.2. The standard InChI is InChI=1S/C36H24N4O6S/c1-21-6-8-22(9-7-21)29-18-23-10-11-24(19-35(23)46-36(29)42)37-38-33-15-14-31(27-13-12-25(20-30(27)33)47(43,44)45)39-40-32-16-17-34(41)28-5-3-2-4-26(28)32/h2-20,41H,1H3,(H,43,44,45). The van der Waals surface area contributed by atoms with E-state index < -0.39 is 15.7 Å². The number of nitrogens with zero attached hydrogens (tertiary/aromatic N) is 4. The second-order valence-electron chi connectivity index (χ2n) is 10.9. The maximum absolute atomic E-state index is 12.8. The van der Waals surface area contributed by atoms with Gasteiger partial charge in [0, 0.05) is 33.0 Å². The Morgan fingerprint density at radius 2 is 1.28 bits per heavy atom. The molecule has 0 aliphatic carbocycles. The van der Waals surface area contributed by atoms with E-state index in [1.54, 1.807) is 48.5 Å². The molecule has 0 fully saturated rings. The zero-order valence-electron chi connectivity index (χ0n) is 24.7. The summed E-state index contributed by atoms with van der Waals surface area (Å²) in [5, 5.41) is 30.7. The number of azo groups is 2. The molecule has 11 heteroatoms. The Morgan fingerprint density at radius 1 is 0.638 bits per heavy atom. The van der Waals surface area contributed by atoms with Crippen molar-refractivity contribution in [2.45, 2.75) is 11.8 Å². The van der Waals surface area contributed by atoms with Crippen LogP contribution in [0, 0.1) is 6.92 Å². The second-order valence-corrected chi connectivity index (χ2v) is 12.3. The van der Waals surface area contributed by atoms with Gasteiger partial charge >= 0.3 is 5.63 Å². The van der Waals surface area contributed by atoms with Gasteiger partial charge < -0.3 is 9.52 Å². The number of rotatable bonds is 6. The Hall–Kier alpha value is -6.04. The van der Waals surface area contributed by atoms with Crippen LogP contribution in [0.5, 0.6) is 5.75 Å². The van der Waals surface area contributed by atoms with Gasteiger partial charge in [0.1, 0.15) is 11.3 Å². The Balaban J connectivity index is 1.27. The lowest BCUT2D eigenvalue weighted by molar-refractivity contribution is 0.481. The second kappa shape index (κ2) is 11.7. The van der Waals surface area contributed by atoms with Gasteiger partial charge in [-0.2, -0.15) is 13.5 Å². The molecule has 2 N–H and O–H groups in total. The molecule has 1 aromatic heterocycles. The molecule has 0 atom stereocenters. The summed E-state index contributed by atoms with van der Waals surface area (Å²) < 4.78 is 39.4. The van der Waals surface area contributed by atoms with E-state index in [4.69, 9.17) is 4.42 Å². The first-order chi connectivity index (χ1) is 22.6. The van der Waals surface area contributed by atoms with Crippen LogP contribution >= 0.6 is 0 Å². The minimum absolute atomic E-state index is 0.123. The van der Waals surface area contributed by atoms with Crippen molar-refractivity contribution in [3.8, 4) is 16.9 Å². The van der Waals surface area contributed by atoms with Gasteiger partial charge in [-0.25, -0.2) is 4.79 Å². The highest BCUT2D eigenvalue weighted by molar-refractivity contribution is 7.85. The number of benzene rings is 6. The van der Waals surface area contributed by atoms with Crippen molar-refractivity contribution in [2.24, 2.45) is 20.5 Å². The summed E-state index contributed by atoms with van der Waals surface area (Å²) in [5.74, 6) is 0.123. The minimum Gasteiger partial charge on any atom is -0.507 e. The van der Waals surface area contributed by atoms with Gasteiger partial charge in [0.15, 0.2) is 0 Å². The predicted octanol–water partition coefficient (Wildman–Crippen LogP) is 9.86. The van der Waals surface area contributed by atoms with E-state index in [1.807, 2.05) is 49.4 Å². The lowest BCUT2D eigenvalue weighted by Crippen LogP contribution is -2.02. The molecule has 10 nitrogen and oxygen atoms in total. The van der Waals surface area contributed by atoms with Crippen LogP contribution in [0.1, 0.15) is 5.56 Å². The average Bonchev–Trinajstić information content (AvgIpc) is 3.07. The highest BCUT2D eigenvalue weighted by Gasteiger charge is 2.15. The summed E-state index contributed by atoms with van der Waals surface area (Å²) in [6.45, 7) is 1.97. The Morgan fingerprint density at radius 3 is 2.00 bits per heavy atom. The van der Waals surface area contributed by atoms with E-state index >= 15 is 0 Å². The van der Waals surface area contributed by atoms with Crippen LogP contribution < -0.4 is 5.63 Å².